The minimum Gasteiger partial charge on any atom is -0.465 e. The zero-order chi connectivity index (χ0) is 12.7. The van der Waals surface area contributed by atoms with E-state index in [4.69, 9.17) is 14.7 Å². The number of hydrogen-bond donors (Lipinski definition) is 2. The third-order valence-electron chi connectivity index (χ3n) is 2.36. The molecule has 1 rings (SSSR count). The highest BCUT2D eigenvalue weighted by atomic mass is 16.5. The molecule has 2 atom stereocenters. The summed E-state index contributed by atoms with van der Waals surface area (Å²) in [6, 6.07) is 8.22. The molecular weight excluding hydrogens is 222 g/mol. The van der Waals surface area contributed by atoms with E-state index in [1.807, 2.05) is 35.8 Å². The molecule has 5 nitrogen and oxygen atoms in total. The monoisotopic (exact) mass is 239 g/mol. The van der Waals surface area contributed by atoms with Crippen molar-refractivity contribution in [3.8, 4) is 0 Å². The molecule has 5 heteroatoms. The molecule has 0 aliphatic rings. The van der Waals surface area contributed by atoms with E-state index in [0.29, 0.717) is 0 Å². The van der Waals surface area contributed by atoms with Crippen LogP contribution in [0.15, 0.2) is 30.3 Å². The number of benzene rings is 1. The van der Waals surface area contributed by atoms with Gasteiger partial charge in [-0.25, -0.2) is 0 Å². The summed E-state index contributed by atoms with van der Waals surface area (Å²) in [5.41, 5.74) is 2.72. The van der Waals surface area contributed by atoms with Gasteiger partial charge in [0, 0.05) is 7.11 Å². The molecule has 2 N–H and O–H groups in total. The van der Waals surface area contributed by atoms with Crippen LogP contribution in [-0.2, 0) is 14.3 Å². The van der Waals surface area contributed by atoms with Crippen LogP contribution in [0.2, 0.25) is 0 Å². The number of hydroxylamine groups is 1. The fraction of sp³-hybridized carbons (Fsp3) is 0.417. The number of carbonyl (C=O) groups is 1. The summed E-state index contributed by atoms with van der Waals surface area (Å²) < 4.78 is 10.1. The van der Waals surface area contributed by atoms with E-state index in [1.165, 1.54) is 7.11 Å². The summed E-state index contributed by atoms with van der Waals surface area (Å²) in [5, 5.41) is 9.06. The van der Waals surface area contributed by atoms with Crippen LogP contribution in [0.25, 0.3) is 0 Å². The van der Waals surface area contributed by atoms with Crippen molar-refractivity contribution >= 4 is 5.97 Å². The lowest BCUT2D eigenvalue weighted by Gasteiger charge is -2.23. The summed E-state index contributed by atoms with van der Waals surface area (Å²) in [6.07, 6.45) is -0.597. The average Bonchev–Trinajstić information content (AvgIpc) is 2.37. The number of hydrogen-bond acceptors (Lipinski definition) is 5. The van der Waals surface area contributed by atoms with E-state index in [2.05, 4.69) is 0 Å². The molecule has 1 aromatic carbocycles. The Kier molecular flexibility index (Phi) is 5.62. The lowest BCUT2D eigenvalue weighted by atomic mass is 10.0. The predicted molar refractivity (Wildman–Crippen MR) is 61.5 cm³/mol. The maximum atomic E-state index is 11.6. The SMILES string of the molecule is CCOC(=O)C(NO)C(OC)c1ccccc1. The molecule has 0 bridgehead atoms. The fourth-order valence-corrected chi connectivity index (χ4v) is 1.58. The first-order valence-corrected chi connectivity index (χ1v) is 5.38. The van der Waals surface area contributed by atoms with Crippen molar-refractivity contribution in [1.29, 1.82) is 0 Å². The van der Waals surface area contributed by atoms with Crippen LogP contribution in [0.3, 0.4) is 0 Å². The first-order chi connectivity index (χ1) is 8.24. The minimum absolute atomic E-state index is 0.252. The van der Waals surface area contributed by atoms with Crippen LogP contribution in [0, 0.1) is 0 Å². The highest BCUT2D eigenvalue weighted by molar-refractivity contribution is 5.76. The van der Waals surface area contributed by atoms with Gasteiger partial charge in [-0.05, 0) is 12.5 Å². The molecule has 0 heterocycles. The number of esters is 1. The normalized spacial score (nSPS) is 14.1. The molecule has 94 valence electrons. The summed E-state index contributed by atoms with van der Waals surface area (Å²) in [4.78, 5) is 11.6. The molecule has 17 heavy (non-hydrogen) atoms. The Morgan fingerprint density at radius 3 is 2.53 bits per heavy atom. The smallest absolute Gasteiger partial charge is 0.328 e. The summed E-state index contributed by atoms with van der Waals surface area (Å²) >= 11 is 0. The second-order valence-corrected chi connectivity index (χ2v) is 3.43. The maximum Gasteiger partial charge on any atom is 0.328 e. The highest BCUT2D eigenvalue weighted by Gasteiger charge is 2.30. The first kappa shape index (κ1) is 13.6. The van der Waals surface area contributed by atoms with Crippen molar-refractivity contribution in [2.75, 3.05) is 13.7 Å². The number of rotatable bonds is 6. The topological polar surface area (TPSA) is 67.8 Å². The molecular formula is C12H17NO4. The van der Waals surface area contributed by atoms with Gasteiger partial charge in [-0.3, -0.25) is 4.79 Å². The third kappa shape index (κ3) is 3.52. The van der Waals surface area contributed by atoms with Crippen molar-refractivity contribution in [3.05, 3.63) is 35.9 Å². The second kappa shape index (κ2) is 7.01. The van der Waals surface area contributed by atoms with Crippen LogP contribution in [0.5, 0.6) is 0 Å². The number of nitrogens with one attached hydrogen (secondary N) is 1. The highest BCUT2D eigenvalue weighted by Crippen LogP contribution is 2.21. The van der Waals surface area contributed by atoms with Gasteiger partial charge >= 0.3 is 5.97 Å². The molecule has 0 spiro atoms. The number of carbonyl (C=O) groups excluding carboxylic acids is 1. The Morgan fingerprint density at radius 2 is 2.06 bits per heavy atom. The predicted octanol–water partition coefficient (Wildman–Crippen LogP) is 1.28. The summed E-state index contributed by atoms with van der Waals surface area (Å²) in [6.45, 7) is 1.96. The zero-order valence-corrected chi connectivity index (χ0v) is 9.92. The van der Waals surface area contributed by atoms with Gasteiger partial charge in [-0.2, -0.15) is 5.48 Å². The van der Waals surface area contributed by atoms with Crippen molar-refractivity contribution in [1.82, 2.24) is 5.48 Å². The molecule has 0 radical (unpaired) electrons. The van der Waals surface area contributed by atoms with Crippen molar-refractivity contribution in [2.45, 2.75) is 19.1 Å². The summed E-state index contributed by atoms with van der Waals surface area (Å²) in [5.74, 6) is -0.550. The molecule has 2 unspecified atom stereocenters. The Labute approximate surface area is 100 Å². The average molecular weight is 239 g/mol. The molecule has 0 fully saturated rings. The van der Waals surface area contributed by atoms with E-state index < -0.39 is 18.1 Å². The van der Waals surface area contributed by atoms with E-state index in [-0.39, 0.29) is 6.61 Å². The fourth-order valence-electron chi connectivity index (χ4n) is 1.58. The molecule has 0 saturated carbocycles. The van der Waals surface area contributed by atoms with Crippen molar-refractivity contribution < 1.29 is 19.5 Å². The van der Waals surface area contributed by atoms with Crippen molar-refractivity contribution in [3.63, 3.8) is 0 Å². The van der Waals surface area contributed by atoms with E-state index in [1.54, 1.807) is 6.92 Å². The van der Waals surface area contributed by atoms with Gasteiger partial charge in [0.15, 0.2) is 6.04 Å². The van der Waals surface area contributed by atoms with Gasteiger partial charge in [0.2, 0.25) is 0 Å². The van der Waals surface area contributed by atoms with Crippen LogP contribution in [-0.4, -0.2) is 30.9 Å². The quantitative estimate of drug-likeness (QED) is 0.578. The first-order valence-electron chi connectivity index (χ1n) is 5.38. The summed E-state index contributed by atoms with van der Waals surface area (Å²) in [7, 11) is 1.47. The molecule has 0 saturated heterocycles. The molecule has 0 aliphatic carbocycles. The number of methoxy groups -OCH3 is 1. The van der Waals surface area contributed by atoms with Gasteiger partial charge in [-0.15, -0.1) is 0 Å². The largest absolute Gasteiger partial charge is 0.465 e. The lowest BCUT2D eigenvalue weighted by Crippen LogP contribution is -2.41. The van der Waals surface area contributed by atoms with Crippen LogP contribution < -0.4 is 5.48 Å². The maximum absolute atomic E-state index is 11.6. The van der Waals surface area contributed by atoms with Gasteiger partial charge in [0.05, 0.1) is 6.61 Å². The Morgan fingerprint density at radius 1 is 1.41 bits per heavy atom. The second-order valence-electron chi connectivity index (χ2n) is 3.43. The molecule has 1 aromatic rings. The molecule has 0 aliphatic heterocycles. The van der Waals surface area contributed by atoms with Crippen molar-refractivity contribution in [2.24, 2.45) is 0 Å². The third-order valence-corrected chi connectivity index (χ3v) is 2.36. The molecule has 0 aromatic heterocycles. The Balaban J connectivity index is 2.87. The van der Waals surface area contributed by atoms with E-state index in [0.717, 1.165) is 5.56 Å². The van der Waals surface area contributed by atoms with Crippen LogP contribution >= 0.6 is 0 Å². The molecule has 0 amide bonds. The minimum atomic E-state index is -0.942. The van der Waals surface area contributed by atoms with Crippen LogP contribution in [0.1, 0.15) is 18.6 Å². The standard InChI is InChI=1S/C12H17NO4/c1-3-17-12(14)10(13-15)11(16-2)9-7-5-4-6-8-9/h4-8,10-11,13,15H,3H2,1-2H3. The van der Waals surface area contributed by atoms with Gasteiger partial charge in [-0.1, -0.05) is 30.3 Å². The van der Waals surface area contributed by atoms with Gasteiger partial charge in [0.25, 0.3) is 0 Å². The zero-order valence-electron chi connectivity index (χ0n) is 9.92. The van der Waals surface area contributed by atoms with Crippen LogP contribution in [0.4, 0.5) is 0 Å². The number of ether oxygens (including phenoxy) is 2. The Bertz CT molecular complexity index is 342. The van der Waals surface area contributed by atoms with Gasteiger partial charge in [0.1, 0.15) is 6.10 Å². The van der Waals surface area contributed by atoms with Gasteiger partial charge < -0.3 is 14.7 Å². The van der Waals surface area contributed by atoms with E-state index >= 15 is 0 Å². The Hall–Kier alpha value is -1.43. The lowest BCUT2D eigenvalue weighted by molar-refractivity contribution is -0.154. The van der Waals surface area contributed by atoms with E-state index in [9.17, 15) is 4.79 Å².